The molecule has 2 aliphatic rings. The van der Waals surface area contributed by atoms with Crippen LogP contribution in [-0.2, 0) is 9.47 Å². The second kappa shape index (κ2) is 6.85. The minimum Gasteiger partial charge on any atom is -0.462 e. The van der Waals surface area contributed by atoms with Crippen LogP contribution in [0.3, 0.4) is 0 Å². The van der Waals surface area contributed by atoms with E-state index in [1.807, 2.05) is 60.7 Å². The summed E-state index contributed by atoms with van der Waals surface area (Å²) in [5, 5.41) is 0. The van der Waals surface area contributed by atoms with Crippen molar-refractivity contribution in [2.75, 3.05) is 0 Å². The maximum absolute atomic E-state index is 12.7. The Hall–Kier alpha value is -2.39. The molecule has 2 fully saturated rings. The lowest BCUT2D eigenvalue weighted by atomic mass is 9.83. The van der Waals surface area contributed by atoms with Gasteiger partial charge in [0.15, 0.2) is 5.78 Å². The number of hydrogen-bond acceptors (Lipinski definition) is 3. The third kappa shape index (κ3) is 3.24. The Morgan fingerprint density at radius 2 is 1.56 bits per heavy atom. The largest absolute Gasteiger partial charge is 0.462 e. The standard InChI is InChI=1S/C22H22O3/c23-19(17-10-4-1-5-11-17)16-20-22(14-8-3-9-15-22)25-21(24-20)18-12-6-2-7-13-18/h1-2,4-7,10-13,16,21H,3,8-9,14-15H2. The Labute approximate surface area is 148 Å². The van der Waals surface area contributed by atoms with Crippen molar-refractivity contribution in [3.63, 3.8) is 0 Å². The molecule has 1 aliphatic heterocycles. The monoisotopic (exact) mass is 334 g/mol. The highest BCUT2D eigenvalue weighted by Crippen LogP contribution is 2.48. The number of carbonyl (C=O) groups is 1. The zero-order valence-corrected chi connectivity index (χ0v) is 14.2. The first-order valence-electron chi connectivity index (χ1n) is 8.98. The van der Waals surface area contributed by atoms with E-state index in [1.165, 1.54) is 6.42 Å². The van der Waals surface area contributed by atoms with Crippen molar-refractivity contribution in [3.05, 3.63) is 83.6 Å². The number of ether oxygens (including phenoxy) is 2. The van der Waals surface area contributed by atoms with Gasteiger partial charge < -0.3 is 9.47 Å². The predicted molar refractivity (Wildman–Crippen MR) is 96.0 cm³/mol. The minimum absolute atomic E-state index is 0.0298. The maximum Gasteiger partial charge on any atom is 0.227 e. The molecule has 0 N–H and O–H groups in total. The van der Waals surface area contributed by atoms with Gasteiger partial charge in [-0.25, -0.2) is 0 Å². The fourth-order valence-corrected chi connectivity index (χ4v) is 3.71. The minimum atomic E-state index is -0.455. The average molecular weight is 334 g/mol. The van der Waals surface area contributed by atoms with E-state index in [0.29, 0.717) is 11.3 Å². The third-order valence-corrected chi connectivity index (χ3v) is 5.07. The van der Waals surface area contributed by atoms with Crippen LogP contribution in [0.2, 0.25) is 0 Å². The summed E-state index contributed by atoms with van der Waals surface area (Å²) in [6, 6.07) is 19.3. The topological polar surface area (TPSA) is 35.5 Å². The molecule has 0 aromatic heterocycles. The highest BCUT2D eigenvalue weighted by atomic mass is 16.7. The molecule has 1 unspecified atom stereocenters. The molecule has 1 heterocycles. The molecule has 1 saturated heterocycles. The van der Waals surface area contributed by atoms with E-state index in [-0.39, 0.29) is 5.78 Å². The van der Waals surface area contributed by atoms with Gasteiger partial charge in [0.05, 0.1) is 0 Å². The Morgan fingerprint density at radius 1 is 0.920 bits per heavy atom. The van der Waals surface area contributed by atoms with Gasteiger partial charge in [0, 0.05) is 17.2 Å². The van der Waals surface area contributed by atoms with E-state index in [2.05, 4.69) is 0 Å². The first kappa shape index (κ1) is 16.1. The van der Waals surface area contributed by atoms with Crippen LogP contribution in [0.5, 0.6) is 0 Å². The molecule has 0 amide bonds. The second-order valence-electron chi connectivity index (χ2n) is 6.77. The van der Waals surface area contributed by atoms with Gasteiger partial charge in [-0.2, -0.15) is 0 Å². The van der Waals surface area contributed by atoms with Gasteiger partial charge in [-0.15, -0.1) is 0 Å². The first-order valence-corrected chi connectivity index (χ1v) is 8.98. The molecule has 1 spiro atoms. The van der Waals surface area contributed by atoms with Gasteiger partial charge in [-0.3, -0.25) is 4.79 Å². The van der Waals surface area contributed by atoms with Crippen molar-refractivity contribution in [2.45, 2.75) is 44.0 Å². The number of hydrogen-bond donors (Lipinski definition) is 0. The first-order chi connectivity index (χ1) is 12.3. The third-order valence-electron chi connectivity index (χ3n) is 5.07. The number of benzene rings is 2. The summed E-state index contributed by atoms with van der Waals surface area (Å²) in [5.74, 6) is 0.660. The van der Waals surface area contributed by atoms with E-state index in [0.717, 1.165) is 31.2 Å². The molecule has 1 saturated carbocycles. The molecular weight excluding hydrogens is 312 g/mol. The van der Waals surface area contributed by atoms with Gasteiger partial charge in [-0.1, -0.05) is 79.9 Å². The van der Waals surface area contributed by atoms with Crippen molar-refractivity contribution in [1.82, 2.24) is 0 Å². The molecule has 2 aromatic carbocycles. The van der Waals surface area contributed by atoms with E-state index in [1.54, 1.807) is 6.08 Å². The molecule has 1 atom stereocenters. The van der Waals surface area contributed by atoms with Gasteiger partial charge in [0.1, 0.15) is 11.4 Å². The van der Waals surface area contributed by atoms with Crippen molar-refractivity contribution in [3.8, 4) is 0 Å². The van der Waals surface area contributed by atoms with Crippen LogP contribution in [0, 0.1) is 0 Å². The highest BCUT2D eigenvalue weighted by Gasteiger charge is 2.47. The molecule has 0 radical (unpaired) electrons. The molecule has 1 aliphatic carbocycles. The SMILES string of the molecule is O=C(C=C1OC(c2ccccc2)OC12CCCCC2)c1ccccc1. The summed E-state index contributed by atoms with van der Waals surface area (Å²) in [6.07, 6.45) is 6.43. The van der Waals surface area contributed by atoms with Crippen LogP contribution >= 0.6 is 0 Å². The molecule has 2 aromatic rings. The highest BCUT2D eigenvalue weighted by molar-refractivity contribution is 6.04. The molecule has 128 valence electrons. The molecule has 0 bridgehead atoms. The fraction of sp³-hybridized carbons (Fsp3) is 0.318. The quantitative estimate of drug-likeness (QED) is 0.571. The number of carbonyl (C=O) groups excluding carboxylic acids is 1. The lowest BCUT2D eigenvalue weighted by Crippen LogP contribution is -2.33. The molecule has 3 heteroatoms. The normalized spacial score (nSPS) is 23.5. The molecule has 4 rings (SSSR count). The Balaban J connectivity index is 1.66. The number of allylic oxidation sites excluding steroid dienone is 1. The van der Waals surface area contributed by atoms with Gasteiger partial charge in [0.2, 0.25) is 6.29 Å². The number of rotatable bonds is 3. The summed E-state index contributed by atoms with van der Waals surface area (Å²) in [7, 11) is 0. The van der Waals surface area contributed by atoms with Crippen LogP contribution in [0.4, 0.5) is 0 Å². The molecular formula is C22H22O3. The lowest BCUT2D eigenvalue weighted by Gasteiger charge is -2.31. The summed E-state index contributed by atoms with van der Waals surface area (Å²) in [6.45, 7) is 0. The van der Waals surface area contributed by atoms with Gasteiger partial charge in [0.25, 0.3) is 0 Å². The zero-order valence-electron chi connectivity index (χ0n) is 14.2. The smallest absolute Gasteiger partial charge is 0.227 e. The van der Waals surface area contributed by atoms with Crippen molar-refractivity contribution in [2.24, 2.45) is 0 Å². The Bertz CT molecular complexity index is 758. The van der Waals surface area contributed by atoms with Crippen molar-refractivity contribution in [1.29, 1.82) is 0 Å². The van der Waals surface area contributed by atoms with E-state index >= 15 is 0 Å². The van der Waals surface area contributed by atoms with E-state index in [4.69, 9.17) is 9.47 Å². The van der Waals surface area contributed by atoms with Crippen LogP contribution < -0.4 is 0 Å². The summed E-state index contributed by atoms with van der Waals surface area (Å²) in [4.78, 5) is 12.7. The second-order valence-corrected chi connectivity index (χ2v) is 6.77. The summed E-state index contributed by atoms with van der Waals surface area (Å²) >= 11 is 0. The van der Waals surface area contributed by atoms with Crippen LogP contribution in [-0.4, -0.2) is 11.4 Å². The van der Waals surface area contributed by atoms with Crippen LogP contribution in [0.1, 0.15) is 54.3 Å². The molecule has 25 heavy (non-hydrogen) atoms. The lowest BCUT2D eigenvalue weighted by molar-refractivity contribution is -0.103. The average Bonchev–Trinajstić information content (AvgIpc) is 3.01. The van der Waals surface area contributed by atoms with Crippen LogP contribution in [0.25, 0.3) is 0 Å². The van der Waals surface area contributed by atoms with E-state index < -0.39 is 11.9 Å². The summed E-state index contributed by atoms with van der Waals surface area (Å²) < 4.78 is 12.5. The van der Waals surface area contributed by atoms with Gasteiger partial charge in [-0.05, 0) is 12.8 Å². The maximum atomic E-state index is 12.7. The number of ketones is 1. The van der Waals surface area contributed by atoms with Crippen molar-refractivity contribution >= 4 is 5.78 Å². The Morgan fingerprint density at radius 3 is 2.24 bits per heavy atom. The predicted octanol–water partition coefficient (Wildman–Crippen LogP) is 5.20. The fourth-order valence-electron chi connectivity index (χ4n) is 3.71. The molecule has 3 nitrogen and oxygen atoms in total. The van der Waals surface area contributed by atoms with Gasteiger partial charge >= 0.3 is 0 Å². The van der Waals surface area contributed by atoms with Crippen LogP contribution in [0.15, 0.2) is 72.5 Å². The van der Waals surface area contributed by atoms with Crippen molar-refractivity contribution < 1.29 is 14.3 Å². The Kier molecular flexibility index (Phi) is 4.41. The zero-order chi connectivity index (χ0) is 17.1. The van der Waals surface area contributed by atoms with E-state index in [9.17, 15) is 4.79 Å². The summed E-state index contributed by atoms with van der Waals surface area (Å²) in [5.41, 5.74) is 1.21.